The van der Waals surface area contributed by atoms with Crippen molar-refractivity contribution in [1.29, 1.82) is 0 Å². The summed E-state index contributed by atoms with van der Waals surface area (Å²) in [6.07, 6.45) is 1.37. The van der Waals surface area contributed by atoms with Crippen molar-refractivity contribution in [1.82, 2.24) is 15.1 Å². The summed E-state index contributed by atoms with van der Waals surface area (Å²) in [6.45, 7) is 5.96. The summed E-state index contributed by atoms with van der Waals surface area (Å²) in [7, 11) is 0. The van der Waals surface area contributed by atoms with Gasteiger partial charge in [-0.3, -0.25) is 10.00 Å². The molecular weight excluding hydrogens is 266 g/mol. The quantitative estimate of drug-likeness (QED) is 0.899. The summed E-state index contributed by atoms with van der Waals surface area (Å²) in [6, 6.07) is 8.06. The lowest BCUT2D eigenvalue weighted by molar-refractivity contribution is 0.0143. The minimum absolute atomic E-state index is 0.456. The number of aryl methyl sites for hydroxylation is 1. The van der Waals surface area contributed by atoms with Crippen LogP contribution in [0.4, 0.5) is 0 Å². The van der Waals surface area contributed by atoms with Crippen LogP contribution in [-0.4, -0.2) is 53.1 Å². The van der Waals surface area contributed by atoms with Gasteiger partial charge in [0.1, 0.15) is 0 Å². The molecule has 0 spiro atoms. The molecule has 1 aliphatic rings. The van der Waals surface area contributed by atoms with E-state index in [2.05, 4.69) is 15.1 Å². The summed E-state index contributed by atoms with van der Waals surface area (Å²) in [5.41, 5.74) is 4.22. The van der Waals surface area contributed by atoms with Crippen molar-refractivity contribution in [2.24, 2.45) is 0 Å². The molecule has 2 aromatic rings. The Kier molecular flexibility index (Phi) is 4.34. The van der Waals surface area contributed by atoms with Gasteiger partial charge in [-0.1, -0.05) is 24.3 Å². The third-order valence-electron chi connectivity index (χ3n) is 3.97. The highest BCUT2D eigenvalue weighted by atomic mass is 16.5. The molecule has 112 valence electrons. The number of benzene rings is 1. The van der Waals surface area contributed by atoms with E-state index in [1.807, 2.05) is 37.4 Å². The van der Waals surface area contributed by atoms with Crippen LogP contribution in [0.2, 0.25) is 0 Å². The van der Waals surface area contributed by atoms with Gasteiger partial charge in [0.15, 0.2) is 0 Å². The molecule has 1 saturated heterocycles. The molecule has 5 nitrogen and oxygen atoms in total. The number of aliphatic hydroxyl groups is 1. The number of hydrogen-bond donors (Lipinski definition) is 2. The van der Waals surface area contributed by atoms with E-state index in [9.17, 15) is 5.11 Å². The minimum atomic E-state index is -0.456. The van der Waals surface area contributed by atoms with Crippen LogP contribution in [0.3, 0.4) is 0 Å². The molecule has 0 unspecified atom stereocenters. The third kappa shape index (κ3) is 3.32. The van der Waals surface area contributed by atoms with E-state index in [0.717, 1.165) is 48.7 Å². The van der Waals surface area contributed by atoms with Crippen molar-refractivity contribution in [3.05, 3.63) is 41.7 Å². The molecule has 0 radical (unpaired) electrons. The van der Waals surface area contributed by atoms with E-state index in [1.54, 1.807) is 0 Å². The van der Waals surface area contributed by atoms with Crippen LogP contribution in [0.25, 0.3) is 11.1 Å². The van der Waals surface area contributed by atoms with E-state index in [4.69, 9.17) is 4.74 Å². The number of morpholine rings is 1. The normalized spacial score (nSPS) is 17.8. The summed E-state index contributed by atoms with van der Waals surface area (Å²) in [5, 5.41) is 17.3. The molecule has 0 saturated carbocycles. The van der Waals surface area contributed by atoms with Gasteiger partial charge in [0, 0.05) is 30.9 Å². The van der Waals surface area contributed by atoms with Gasteiger partial charge in [-0.15, -0.1) is 0 Å². The number of aromatic nitrogens is 2. The molecular formula is C16H21N3O2. The number of nitrogens with one attached hydrogen (secondary N) is 1. The number of ether oxygens (including phenoxy) is 1. The maximum Gasteiger partial charge on any atom is 0.0916 e. The van der Waals surface area contributed by atoms with E-state index in [0.29, 0.717) is 6.54 Å². The Hall–Kier alpha value is -1.69. The van der Waals surface area contributed by atoms with Crippen molar-refractivity contribution in [2.45, 2.75) is 13.0 Å². The molecule has 1 atom stereocenters. The highest BCUT2D eigenvalue weighted by Crippen LogP contribution is 2.24. The molecule has 5 heteroatoms. The van der Waals surface area contributed by atoms with Crippen LogP contribution in [0.1, 0.15) is 17.4 Å². The van der Waals surface area contributed by atoms with Crippen LogP contribution in [0, 0.1) is 6.92 Å². The van der Waals surface area contributed by atoms with E-state index in [-0.39, 0.29) is 0 Å². The zero-order chi connectivity index (χ0) is 14.7. The fourth-order valence-corrected chi connectivity index (χ4v) is 2.66. The van der Waals surface area contributed by atoms with Crippen molar-refractivity contribution in [2.75, 3.05) is 32.8 Å². The van der Waals surface area contributed by atoms with Crippen LogP contribution >= 0.6 is 0 Å². The first-order valence-electron chi connectivity index (χ1n) is 7.32. The van der Waals surface area contributed by atoms with Crippen LogP contribution in [0.5, 0.6) is 0 Å². The van der Waals surface area contributed by atoms with E-state index in [1.165, 1.54) is 0 Å². The molecule has 1 aromatic heterocycles. The number of β-amino-alcohol motifs (C(OH)–C–C–N with tert-alkyl or cyclic N) is 1. The zero-order valence-corrected chi connectivity index (χ0v) is 12.2. The topological polar surface area (TPSA) is 61.4 Å². The standard InChI is InChI=1S/C16H21N3O2/c1-12-15(10-17-18-12)13-2-4-14(5-3-13)16(20)11-19-6-8-21-9-7-19/h2-5,10,16,20H,6-9,11H2,1H3,(H,17,18)/t16-/m1/s1. The first-order valence-corrected chi connectivity index (χ1v) is 7.32. The number of aliphatic hydroxyl groups excluding tert-OH is 1. The lowest BCUT2D eigenvalue weighted by atomic mass is 10.0. The predicted molar refractivity (Wildman–Crippen MR) is 81.0 cm³/mol. The minimum Gasteiger partial charge on any atom is -0.387 e. The molecule has 3 rings (SSSR count). The first kappa shape index (κ1) is 14.3. The van der Waals surface area contributed by atoms with Gasteiger partial charge in [-0.05, 0) is 18.1 Å². The van der Waals surface area contributed by atoms with Gasteiger partial charge < -0.3 is 9.84 Å². The number of rotatable bonds is 4. The summed E-state index contributed by atoms with van der Waals surface area (Å²) in [4.78, 5) is 2.24. The highest BCUT2D eigenvalue weighted by Gasteiger charge is 2.16. The third-order valence-corrected chi connectivity index (χ3v) is 3.97. The second kappa shape index (κ2) is 6.39. The SMILES string of the molecule is Cc1[nH]ncc1-c1ccc([C@H](O)CN2CCOCC2)cc1. The maximum absolute atomic E-state index is 10.3. The second-order valence-corrected chi connectivity index (χ2v) is 5.46. The number of H-pyrrole nitrogens is 1. The number of aromatic amines is 1. The van der Waals surface area contributed by atoms with Gasteiger partial charge >= 0.3 is 0 Å². The maximum atomic E-state index is 10.3. The summed E-state index contributed by atoms with van der Waals surface area (Å²) in [5.74, 6) is 0. The Morgan fingerprint density at radius 1 is 1.29 bits per heavy atom. The van der Waals surface area contributed by atoms with Crippen molar-refractivity contribution < 1.29 is 9.84 Å². The lowest BCUT2D eigenvalue weighted by Gasteiger charge is -2.28. The Bertz CT molecular complexity index is 573. The van der Waals surface area contributed by atoms with Gasteiger partial charge in [-0.2, -0.15) is 5.10 Å². The average Bonchev–Trinajstić information content (AvgIpc) is 2.94. The summed E-state index contributed by atoms with van der Waals surface area (Å²) >= 11 is 0. The van der Waals surface area contributed by atoms with Gasteiger partial charge in [-0.25, -0.2) is 0 Å². The van der Waals surface area contributed by atoms with E-state index < -0.39 is 6.10 Å². The van der Waals surface area contributed by atoms with Gasteiger partial charge in [0.05, 0.1) is 25.5 Å². The highest BCUT2D eigenvalue weighted by molar-refractivity contribution is 5.65. The van der Waals surface area contributed by atoms with Crippen molar-refractivity contribution in [3.8, 4) is 11.1 Å². The fourth-order valence-electron chi connectivity index (χ4n) is 2.66. The second-order valence-electron chi connectivity index (χ2n) is 5.46. The Morgan fingerprint density at radius 2 is 2.00 bits per heavy atom. The molecule has 2 heterocycles. The molecule has 0 aliphatic carbocycles. The molecule has 1 fully saturated rings. The molecule has 1 aromatic carbocycles. The summed E-state index contributed by atoms with van der Waals surface area (Å²) < 4.78 is 5.32. The Balaban J connectivity index is 1.67. The Labute approximate surface area is 124 Å². The average molecular weight is 287 g/mol. The first-order chi connectivity index (χ1) is 10.2. The number of hydrogen-bond acceptors (Lipinski definition) is 4. The van der Waals surface area contributed by atoms with E-state index >= 15 is 0 Å². The predicted octanol–water partition coefficient (Wildman–Crippen LogP) is 1.75. The van der Waals surface area contributed by atoms with Crippen molar-refractivity contribution in [3.63, 3.8) is 0 Å². The van der Waals surface area contributed by atoms with Crippen LogP contribution in [-0.2, 0) is 4.74 Å². The van der Waals surface area contributed by atoms with Crippen molar-refractivity contribution >= 4 is 0 Å². The largest absolute Gasteiger partial charge is 0.387 e. The molecule has 21 heavy (non-hydrogen) atoms. The zero-order valence-electron chi connectivity index (χ0n) is 12.2. The van der Waals surface area contributed by atoms with Crippen LogP contribution in [0.15, 0.2) is 30.5 Å². The molecule has 1 aliphatic heterocycles. The smallest absolute Gasteiger partial charge is 0.0916 e. The molecule has 2 N–H and O–H groups in total. The fraction of sp³-hybridized carbons (Fsp3) is 0.438. The van der Waals surface area contributed by atoms with Gasteiger partial charge in [0.25, 0.3) is 0 Å². The lowest BCUT2D eigenvalue weighted by Crippen LogP contribution is -2.38. The molecule has 0 bridgehead atoms. The van der Waals surface area contributed by atoms with Gasteiger partial charge in [0.2, 0.25) is 0 Å². The Morgan fingerprint density at radius 3 is 2.62 bits per heavy atom. The monoisotopic (exact) mass is 287 g/mol. The number of nitrogens with zero attached hydrogens (tertiary/aromatic N) is 2. The van der Waals surface area contributed by atoms with Crippen LogP contribution < -0.4 is 0 Å². The molecule has 0 amide bonds.